The molecular weight excluding hydrogens is 210 g/mol. The van der Waals surface area contributed by atoms with Gasteiger partial charge in [-0.1, -0.05) is 0 Å². The fraction of sp³-hybridized carbons (Fsp3) is 0.545. The Morgan fingerprint density at radius 2 is 2.47 bits per heavy atom. The lowest BCUT2D eigenvalue weighted by Gasteiger charge is -2.09. The van der Waals surface area contributed by atoms with Crippen molar-refractivity contribution in [3.63, 3.8) is 0 Å². The molecule has 0 bridgehead atoms. The topological polar surface area (TPSA) is 49.3 Å². The summed E-state index contributed by atoms with van der Waals surface area (Å²) in [6.07, 6.45) is 2.20. The molecule has 4 heteroatoms. The van der Waals surface area contributed by atoms with Gasteiger partial charge in [-0.15, -0.1) is 0 Å². The van der Waals surface area contributed by atoms with Crippen molar-refractivity contribution in [3.8, 4) is 0 Å². The summed E-state index contributed by atoms with van der Waals surface area (Å²) in [5, 5.41) is 16.5. The first-order valence-electron chi connectivity index (χ1n) is 5.25. The van der Waals surface area contributed by atoms with E-state index in [-0.39, 0.29) is 11.8 Å². The highest BCUT2D eigenvalue weighted by molar-refractivity contribution is 7.07. The Kier molecular flexibility index (Phi) is 3.38. The van der Waals surface area contributed by atoms with E-state index >= 15 is 0 Å². The number of aliphatic hydroxyl groups excluding tert-OH is 1. The number of amides is 1. The molecule has 2 rings (SSSR count). The van der Waals surface area contributed by atoms with Crippen molar-refractivity contribution in [3.05, 3.63) is 22.4 Å². The van der Waals surface area contributed by atoms with Crippen LogP contribution in [0, 0.1) is 5.92 Å². The second kappa shape index (κ2) is 4.77. The number of rotatable bonds is 5. The minimum Gasteiger partial charge on any atom is -0.388 e. The average Bonchev–Trinajstić information content (AvgIpc) is 2.93. The van der Waals surface area contributed by atoms with E-state index < -0.39 is 6.10 Å². The van der Waals surface area contributed by atoms with Crippen molar-refractivity contribution < 1.29 is 9.90 Å². The van der Waals surface area contributed by atoms with Gasteiger partial charge < -0.3 is 10.4 Å². The summed E-state index contributed by atoms with van der Waals surface area (Å²) in [5.41, 5.74) is 0.945. The molecule has 1 aliphatic carbocycles. The molecule has 2 N–H and O–H groups in total. The molecule has 1 aromatic rings. The van der Waals surface area contributed by atoms with E-state index in [0.717, 1.165) is 18.4 Å². The highest BCUT2D eigenvalue weighted by Crippen LogP contribution is 2.28. The Morgan fingerprint density at radius 1 is 1.67 bits per heavy atom. The molecule has 0 spiro atoms. The molecule has 1 saturated carbocycles. The van der Waals surface area contributed by atoms with Crippen LogP contribution in [0.25, 0.3) is 0 Å². The number of hydrogen-bond donors (Lipinski definition) is 2. The zero-order valence-corrected chi connectivity index (χ0v) is 9.30. The van der Waals surface area contributed by atoms with E-state index in [4.69, 9.17) is 0 Å². The molecular formula is C11H15NO2S. The van der Waals surface area contributed by atoms with Crippen molar-refractivity contribution in [1.82, 2.24) is 5.32 Å². The number of nitrogens with one attached hydrogen (secondary N) is 1. The third-order valence-corrected chi connectivity index (χ3v) is 3.29. The Balaban J connectivity index is 1.67. The molecule has 82 valence electrons. The van der Waals surface area contributed by atoms with Gasteiger partial charge in [0, 0.05) is 12.5 Å². The first-order chi connectivity index (χ1) is 7.27. The number of aliphatic hydroxyl groups is 1. The quantitative estimate of drug-likeness (QED) is 0.801. The van der Waals surface area contributed by atoms with Gasteiger partial charge in [0.2, 0.25) is 5.91 Å². The van der Waals surface area contributed by atoms with Crippen molar-refractivity contribution >= 4 is 17.2 Å². The lowest BCUT2D eigenvalue weighted by atomic mass is 10.1. The number of carbonyl (C=O) groups excluding carboxylic acids is 1. The van der Waals surface area contributed by atoms with Crippen LogP contribution in [0.3, 0.4) is 0 Å². The zero-order valence-electron chi connectivity index (χ0n) is 8.48. The van der Waals surface area contributed by atoms with Gasteiger partial charge >= 0.3 is 0 Å². The maximum Gasteiger partial charge on any atom is 0.223 e. The Morgan fingerprint density at radius 3 is 3.07 bits per heavy atom. The zero-order chi connectivity index (χ0) is 10.7. The molecule has 1 unspecified atom stereocenters. The largest absolute Gasteiger partial charge is 0.388 e. The van der Waals surface area contributed by atoms with Gasteiger partial charge in [0.05, 0.1) is 6.10 Å². The minimum absolute atomic E-state index is 0.146. The van der Waals surface area contributed by atoms with Crippen LogP contribution in [0.4, 0.5) is 0 Å². The molecule has 1 aliphatic rings. The Labute approximate surface area is 93.1 Å². The lowest BCUT2D eigenvalue weighted by Crippen LogP contribution is -2.26. The Bertz CT molecular complexity index is 319. The van der Waals surface area contributed by atoms with Gasteiger partial charge in [-0.2, -0.15) is 11.3 Å². The van der Waals surface area contributed by atoms with Crippen molar-refractivity contribution in [2.75, 3.05) is 6.54 Å². The maximum atomic E-state index is 11.3. The van der Waals surface area contributed by atoms with E-state index in [1.165, 1.54) is 0 Å². The molecule has 1 fully saturated rings. The van der Waals surface area contributed by atoms with Crippen LogP contribution in [0.2, 0.25) is 0 Å². The van der Waals surface area contributed by atoms with Crippen molar-refractivity contribution in [1.29, 1.82) is 0 Å². The van der Waals surface area contributed by atoms with Crippen LogP contribution in [0.15, 0.2) is 16.8 Å². The van der Waals surface area contributed by atoms with Crippen LogP contribution in [0.5, 0.6) is 0 Å². The summed E-state index contributed by atoms with van der Waals surface area (Å²) in [4.78, 5) is 11.3. The molecule has 0 aliphatic heterocycles. The lowest BCUT2D eigenvalue weighted by molar-refractivity contribution is -0.122. The minimum atomic E-state index is -0.448. The third-order valence-electron chi connectivity index (χ3n) is 2.59. The third kappa shape index (κ3) is 3.04. The van der Waals surface area contributed by atoms with Crippen molar-refractivity contribution in [2.45, 2.75) is 25.4 Å². The highest BCUT2D eigenvalue weighted by atomic mass is 32.1. The smallest absolute Gasteiger partial charge is 0.223 e. The molecule has 1 aromatic heterocycles. The van der Waals surface area contributed by atoms with Crippen LogP contribution < -0.4 is 5.32 Å². The average molecular weight is 225 g/mol. The predicted octanol–water partition coefficient (Wildman–Crippen LogP) is 1.70. The van der Waals surface area contributed by atoms with E-state index in [1.807, 2.05) is 16.8 Å². The summed E-state index contributed by atoms with van der Waals surface area (Å²) in [7, 11) is 0. The molecule has 1 heterocycles. The summed E-state index contributed by atoms with van der Waals surface area (Å²) in [5.74, 6) is 0.399. The summed E-state index contributed by atoms with van der Waals surface area (Å²) in [6, 6.07) is 1.91. The van der Waals surface area contributed by atoms with Gasteiger partial charge in [-0.3, -0.25) is 4.79 Å². The normalized spacial score (nSPS) is 17.4. The highest BCUT2D eigenvalue weighted by Gasteiger charge is 2.29. The van der Waals surface area contributed by atoms with Crippen molar-refractivity contribution in [2.24, 2.45) is 5.92 Å². The fourth-order valence-electron chi connectivity index (χ4n) is 1.45. The molecule has 0 aromatic carbocycles. The van der Waals surface area contributed by atoms with E-state index in [1.54, 1.807) is 11.3 Å². The van der Waals surface area contributed by atoms with Crippen LogP contribution in [-0.2, 0) is 4.79 Å². The molecule has 1 amide bonds. The molecule has 15 heavy (non-hydrogen) atoms. The summed E-state index contributed by atoms with van der Waals surface area (Å²) < 4.78 is 0. The van der Waals surface area contributed by atoms with Gasteiger partial charge in [0.1, 0.15) is 0 Å². The summed E-state index contributed by atoms with van der Waals surface area (Å²) >= 11 is 1.58. The monoisotopic (exact) mass is 225 g/mol. The van der Waals surface area contributed by atoms with Gasteiger partial charge in [0.25, 0.3) is 0 Å². The van der Waals surface area contributed by atoms with Crippen LogP contribution >= 0.6 is 11.3 Å². The summed E-state index contributed by atoms with van der Waals surface area (Å²) in [6.45, 7) is 0.562. The van der Waals surface area contributed by atoms with E-state index in [9.17, 15) is 9.90 Å². The number of hydrogen-bond acceptors (Lipinski definition) is 3. The standard InChI is InChI=1S/C11H15NO2S/c13-10(9-4-6-15-7-9)3-5-12-11(14)8-1-2-8/h4,6-8,10,13H,1-3,5H2,(H,12,14). The number of thiophene rings is 1. The van der Waals surface area contributed by atoms with Crippen LogP contribution in [0.1, 0.15) is 30.9 Å². The van der Waals surface area contributed by atoms with Gasteiger partial charge in [-0.05, 0) is 41.7 Å². The second-order valence-electron chi connectivity index (χ2n) is 3.93. The Hall–Kier alpha value is -0.870. The first-order valence-corrected chi connectivity index (χ1v) is 6.19. The molecule has 3 nitrogen and oxygen atoms in total. The number of carbonyl (C=O) groups is 1. The molecule has 0 radical (unpaired) electrons. The molecule has 0 saturated heterocycles. The van der Waals surface area contributed by atoms with E-state index in [2.05, 4.69) is 5.32 Å². The fourth-order valence-corrected chi connectivity index (χ4v) is 2.16. The maximum absolute atomic E-state index is 11.3. The van der Waals surface area contributed by atoms with Crippen LogP contribution in [-0.4, -0.2) is 17.6 Å². The van der Waals surface area contributed by atoms with Gasteiger partial charge in [-0.25, -0.2) is 0 Å². The second-order valence-corrected chi connectivity index (χ2v) is 4.71. The first kappa shape index (κ1) is 10.6. The SMILES string of the molecule is O=C(NCCC(O)c1ccsc1)C1CC1. The van der Waals surface area contributed by atoms with E-state index in [0.29, 0.717) is 13.0 Å². The predicted molar refractivity (Wildman–Crippen MR) is 59.6 cm³/mol. The molecule has 1 atom stereocenters. The van der Waals surface area contributed by atoms with Gasteiger partial charge in [0.15, 0.2) is 0 Å².